The highest BCUT2D eigenvalue weighted by atomic mass is 16.1. The van der Waals surface area contributed by atoms with Crippen molar-refractivity contribution in [1.29, 1.82) is 0 Å². The van der Waals surface area contributed by atoms with Crippen LogP contribution in [0.25, 0.3) is 0 Å². The van der Waals surface area contributed by atoms with Crippen molar-refractivity contribution < 1.29 is 4.79 Å². The van der Waals surface area contributed by atoms with Gasteiger partial charge in [-0.2, -0.15) is 4.99 Å². The molecule has 1 aromatic rings. The zero-order valence-corrected chi connectivity index (χ0v) is 7.14. The van der Waals surface area contributed by atoms with E-state index in [0.717, 1.165) is 5.56 Å². The van der Waals surface area contributed by atoms with Crippen LogP contribution in [0.5, 0.6) is 0 Å². The van der Waals surface area contributed by atoms with Gasteiger partial charge in [-0.3, -0.25) is 4.79 Å². The summed E-state index contributed by atoms with van der Waals surface area (Å²) in [6.07, 6.45) is 2.97. The molecule has 68 valence electrons. The monoisotopic (exact) mass is 186 g/mol. The second-order valence-electron chi connectivity index (χ2n) is 3.07. The molecule has 2 aliphatic rings. The van der Waals surface area contributed by atoms with Crippen molar-refractivity contribution in [2.24, 2.45) is 9.98 Å². The summed E-state index contributed by atoms with van der Waals surface area (Å²) >= 11 is 0. The Morgan fingerprint density at radius 1 is 1.43 bits per heavy atom. The number of nitrogens with one attached hydrogen (secondary N) is 1. The maximum Gasteiger partial charge on any atom is 0.275 e. The molecule has 0 aliphatic carbocycles. The van der Waals surface area contributed by atoms with Gasteiger partial charge in [-0.25, -0.2) is 9.98 Å². The SMILES string of the molecule is O=C1N=CN=C2c3cccnc3NC12. The van der Waals surface area contributed by atoms with Gasteiger partial charge in [0.1, 0.15) is 12.2 Å². The smallest absolute Gasteiger partial charge is 0.275 e. The molecule has 2 aliphatic heterocycles. The van der Waals surface area contributed by atoms with Crippen LogP contribution >= 0.6 is 0 Å². The molecule has 5 nitrogen and oxygen atoms in total. The third-order valence-electron chi connectivity index (χ3n) is 2.27. The molecule has 1 aromatic heterocycles. The zero-order chi connectivity index (χ0) is 9.54. The van der Waals surface area contributed by atoms with Crippen molar-refractivity contribution in [3.63, 3.8) is 0 Å². The number of amides is 1. The van der Waals surface area contributed by atoms with Crippen LogP contribution in [0.4, 0.5) is 5.82 Å². The second-order valence-corrected chi connectivity index (χ2v) is 3.07. The van der Waals surface area contributed by atoms with E-state index in [0.29, 0.717) is 11.5 Å². The lowest BCUT2D eigenvalue weighted by atomic mass is 10.1. The first-order valence-corrected chi connectivity index (χ1v) is 4.22. The van der Waals surface area contributed by atoms with Crippen molar-refractivity contribution >= 4 is 23.8 Å². The van der Waals surface area contributed by atoms with E-state index in [2.05, 4.69) is 20.3 Å². The molecular formula is C9H6N4O. The first-order valence-electron chi connectivity index (χ1n) is 4.22. The molecular weight excluding hydrogens is 180 g/mol. The Balaban J connectivity index is 2.19. The Morgan fingerprint density at radius 3 is 3.29 bits per heavy atom. The number of pyridine rings is 1. The third kappa shape index (κ3) is 0.834. The molecule has 1 amide bonds. The van der Waals surface area contributed by atoms with E-state index >= 15 is 0 Å². The molecule has 0 aromatic carbocycles. The number of aliphatic imine (C=N–C) groups is 2. The quantitative estimate of drug-likeness (QED) is 0.630. The minimum Gasteiger partial charge on any atom is -0.353 e. The predicted octanol–water partition coefficient (Wildman–Crippen LogP) is 0.233. The average molecular weight is 186 g/mol. The van der Waals surface area contributed by atoms with Crippen molar-refractivity contribution in [3.05, 3.63) is 23.9 Å². The van der Waals surface area contributed by atoms with Crippen LogP contribution in [0.1, 0.15) is 5.56 Å². The number of rotatable bonds is 0. The van der Waals surface area contributed by atoms with Gasteiger partial charge >= 0.3 is 0 Å². The van der Waals surface area contributed by atoms with Gasteiger partial charge in [0.15, 0.2) is 6.04 Å². The van der Waals surface area contributed by atoms with Crippen LogP contribution in [0.15, 0.2) is 28.3 Å². The van der Waals surface area contributed by atoms with E-state index in [4.69, 9.17) is 0 Å². The molecule has 0 saturated carbocycles. The first-order chi connectivity index (χ1) is 6.86. The molecule has 1 atom stereocenters. The molecule has 0 radical (unpaired) electrons. The van der Waals surface area contributed by atoms with Crippen LogP contribution in [0.2, 0.25) is 0 Å². The largest absolute Gasteiger partial charge is 0.353 e. The molecule has 3 rings (SSSR count). The fourth-order valence-electron chi connectivity index (χ4n) is 1.63. The minimum atomic E-state index is -0.440. The Bertz CT molecular complexity index is 477. The zero-order valence-electron chi connectivity index (χ0n) is 7.14. The van der Waals surface area contributed by atoms with E-state index in [9.17, 15) is 4.79 Å². The highest BCUT2D eigenvalue weighted by Crippen LogP contribution is 2.25. The van der Waals surface area contributed by atoms with Gasteiger partial charge in [-0.05, 0) is 12.1 Å². The summed E-state index contributed by atoms with van der Waals surface area (Å²) in [4.78, 5) is 23.2. The summed E-state index contributed by atoms with van der Waals surface area (Å²) in [6.45, 7) is 0. The number of anilines is 1. The molecule has 0 spiro atoms. The van der Waals surface area contributed by atoms with Crippen LogP contribution in [-0.2, 0) is 4.79 Å². The van der Waals surface area contributed by atoms with E-state index in [1.807, 2.05) is 12.1 Å². The minimum absolute atomic E-state index is 0.215. The topological polar surface area (TPSA) is 66.7 Å². The Morgan fingerprint density at radius 2 is 2.36 bits per heavy atom. The molecule has 3 heterocycles. The molecule has 0 fully saturated rings. The first kappa shape index (κ1) is 7.37. The molecule has 1 unspecified atom stereocenters. The summed E-state index contributed by atoms with van der Waals surface area (Å²) < 4.78 is 0. The highest BCUT2D eigenvalue weighted by molar-refractivity contribution is 6.27. The Labute approximate surface area is 79.6 Å². The van der Waals surface area contributed by atoms with E-state index in [1.165, 1.54) is 6.34 Å². The van der Waals surface area contributed by atoms with Gasteiger partial charge in [0.25, 0.3) is 5.91 Å². The van der Waals surface area contributed by atoms with Gasteiger partial charge in [0, 0.05) is 11.8 Å². The van der Waals surface area contributed by atoms with E-state index in [-0.39, 0.29) is 5.91 Å². The number of nitrogens with zero attached hydrogens (tertiary/aromatic N) is 3. The van der Waals surface area contributed by atoms with Gasteiger partial charge < -0.3 is 5.32 Å². The predicted molar refractivity (Wildman–Crippen MR) is 51.7 cm³/mol. The van der Waals surface area contributed by atoms with Gasteiger partial charge in [-0.15, -0.1) is 0 Å². The number of carbonyl (C=O) groups excluding carboxylic acids is 1. The Hall–Kier alpha value is -2.04. The van der Waals surface area contributed by atoms with Crippen LogP contribution in [0, 0.1) is 0 Å². The van der Waals surface area contributed by atoms with Gasteiger partial charge in [0.2, 0.25) is 0 Å². The van der Waals surface area contributed by atoms with Crippen molar-refractivity contribution in [2.75, 3.05) is 5.32 Å². The summed E-state index contributed by atoms with van der Waals surface area (Å²) in [5.41, 5.74) is 1.60. The average Bonchev–Trinajstić information content (AvgIpc) is 2.59. The fraction of sp³-hybridized carbons (Fsp3) is 0.111. The lowest BCUT2D eigenvalue weighted by Crippen LogP contribution is -2.33. The molecule has 5 heteroatoms. The van der Waals surface area contributed by atoms with Gasteiger partial charge in [-0.1, -0.05) is 0 Å². The summed E-state index contributed by atoms with van der Waals surface area (Å²) in [5.74, 6) is 0.489. The van der Waals surface area contributed by atoms with E-state index < -0.39 is 6.04 Å². The normalized spacial score (nSPS) is 22.4. The lowest BCUT2D eigenvalue weighted by Gasteiger charge is -2.09. The van der Waals surface area contributed by atoms with Crippen LogP contribution < -0.4 is 5.32 Å². The van der Waals surface area contributed by atoms with E-state index in [1.54, 1.807) is 6.20 Å². The summed E-state index contributed by atoms with van der Waals surface area (Å²) in [5, 5.41) is 2.98. The molecule has 1 N–H and O–H groups in total. The lowest BCUT2D eigenvalue weighted by molar-refractivity contribution is -0.117. The second kappa shape index (κ2) is 2.47. The van der Waals surface area contributed by atoms with Crippen molar-refractivity contribution in [3.8, 4) is 0 Å². The fourth-order valence-corrected chi connectivity index (χ4v) is 1.63. The summed E-state index contributed by atoms with van der Waals surface area (Å²) in [7, 11) is 0. The third-order valence-corrected chi connectivity index (χ3v) is 2.27. The number of hydrogen-bond acceptors (Lipinski definition) is 4. The van der Waals surface area contributed by atoms with Crippen molar-refractivity contribution in [2.45, 2.75) is 6.04 Å². The van der Waals surface area contributed by atoms with Gasteiger partial charge in [0.05, 0.1) is 5.71 Å². The number of aromatic nitrogens is 1. The molecule has 0 saturated heterocycles. The van der Waals surface area contributed by atoms with Crippen LogP contribution in [-0.4, -0.2) is 29.0 Å². The maximum absolute atomic E-state index is 11.4. The van der Waals surface area contributed by atoms with Crippen LogP contribution in [0.3, 0.4) is 0 Å². The number of carbonyl (C=O) groups is 1. The summed E-state index contributed by atoms with van der Waals surface area (Å²) in [6, 6.07) is 3.27. The maximum atomic E-state index is 11.4. The molecule has 0 bridgehead atoms. The Kier molecular flexibility index (Phi) is 1.30. The highest BCUT2D eigenvalue weighted by Gasteiger charge is 2.35. The standard InChI is InChI=1S/C9H6N4O/c14-9-7-6(11-4-12-9)5-2-1-3-10-8(5)13-7/h1-4,7H,(H,10,13). The number of fused-ring (bicyclic) bond motifs is 3. The number of hydrogen-bond donors (Lipinski definition) is 1. The molecule has 14 heavy (non-hydrogen) atoms. The van der Waals surface area contributed by atoms with Crippen molar-refractivity contribution in [1.82, 2.24) is 4.98 Å².